The maximum Gasteiger partial charge on any atom is 0.204 e. The highest BCUT2D eigenvalue weighted by Gasteiger charge is 1.57. The Morgan fingerprint density at radius 2 is 1.33 bits per heavy atom. The first-order valence-electron chi connectivity index (χ1n) is 1.02. The summed E-state index contributed by atoms with van der Waals surface area (Å²) in [6.45, 7) is 0. The van der Waals surface area contributed by atoms with E-state index in [1.54, 1.807) is 0 Å². The average Bonchev–Trinajstić information content (AvgIpc) is 1.61. The summed E-state index contributed by atoms with van der Waals surface area (Å²) in [6, 6.07) is 0. The van der Waals surface area contributed by atoms with Crippen LogP contribution in [0.1, 0.15) is 0 Å². The summed E-state index contributed by atoms with van der Waals surface area (Å²) < 4.78 is 0. The third-order valence-electron chi connectivity index (χ3n) is 0.133. The topological polar surface area (TPSA) is 58.9 Å². The summed E-state index contributed by atoms with van der Waals surface area (Å²) in [5.74, 6) is 0. The Bertz CT molecular complexity index is 59.4. The molecule has 4 nitrogen and oxygen atoms in total. The maximum atomic E-state index is 7.33. The SMILES string of the molecule is OOC#COO. The van der Waals surface area contributed by atoms with E-state index >= 15 is 0 Å². The Labute approximate surface area is 33.8 Å². The van der Waals surface area contributed by atoms with Crippen molar-refractivity contribution < 1.29 is 20.3 Å². The summed E-state index contributed by atoms with van der Waals surface area (Å²) in [5, 5.41) is 14.7. The molecule has 0 heterocycles. The Hall–Kier alpha value is -0.920. The van der Waals surface area contributed by atoms with E-state index < -0.39 is 0 Å². The number of hydrogen-bond acceptors (Lipinski definition) is 4. The molecule has 6 heavy (non-hydrogen) atoms. The highest BCUT2D eigenvalue weighted by molar-refractivity contribution is 4.76. The van der Waals surface area contributed by atoms with Crippen LogP contribution in [0.2, 0.25) is 0 Å². The molecule has 0 rings (SSSR count). The summed E-state index contributed by atoms with van der Waals surface area (Å²) in [4.78, 5) is 6.27. The number of hydrogen-bond donors (Lipinski definition) is 2. The second-order valence-corrected chi connectivity index (χ2v) is 0.387. The lowest BCUT2D eigenvalue weighted by Crippen LogP contribution is -1.68. The largest absolute Gasteiger partial charge is 0.282 e. The molecule has 0 amide bonds. The summed E-state index contributed by atoms with van der Waals surface area (Å²) in [7, 11) is 0. The third kappa shape index (κ3) is 3.08. The lowest BCUT2D eigenvalue weighted by molar-refractivity contribution is -0.188. The summed E-state index contributed by atoms with van der Waals surface area (Å²) >= 11 is 0. The van der Waals surface area contributed by atoms with Crippen LogP contribution in [0.25, 0.3) is 0 Å². The van der Waals surface area contributed by atoms with Crippen molar-refractivity contribution in [2.75, 3.05) is 0 Å². The third-order valence-corrected chi connectivity index (χ3v) is 0.133. The van der Waals surface area contributed by atoms with Gasteiger partial charge in [0.15, 0.2) is 0 Å². The molecule has 0 bridgehead atoms. The summed E-state index contributed by atoms with van der Waals surface area (Å²) in [6.07, 6.45) is 3.06. The van der Waals surface area contributed by atoms with E-state index in [1.165, 1.54) is 12.2 Å². The van der Waals surface area contributed by atoms with Gasteiger partial charge in [-0.25, -0.2) is 0 Å². The van der Waals surface area contributed by atoms with Gasteiger partial charge in [0.1, 0.15) is 0 Å². The van der Waals surface area contributed by atoms with Crippen molar-refractivity contribution in [1.82, 2.24) is 0 Å². The fraction of sp³-hybridized carbons (Fsp3) is 0. The molecular weight excluding hydrogens is 88.0 g/mol. The van der Waals surface area contributed by atoms with Gasteiger partial charge in [-0.2, -0.15) is 10.5 Å². The van der Waals surface area contributed by atoms with Crippen molar-refractivity contribution in [1.29, 1.82) is 0 Å². The minimum Gasteiger partial charge on any atom is -0.282 e. The van der Waals surface area contributed by atoms with E-state index in [0.29, 0.717) is 0 Å². The molecule has 0 aliphatic carbocycles. The first-order chi connectivity index (χ1) is 2.91. The molecule has 0 unspecified atom stereocenters. The van der Waals surface area contributed by atoms with E-state index in [4.69, 9.17) is 10.5 Å². The normalized spacial score (nSPS) is 5.00. The van der Waals surface area contributed by atoms with Gasteiger partial charge < -0.3 is 0 Å². The Morgan fingerprint density at radius 3 is 1.50 bits per heavy atom. The molecule has 2 N–H and O–H groups in total. The molecule has 0 atom stereocenters. The van der Waals surface area contributed by atoms with Crippen LogP contribution in [0.15, 0.2) is 0 Å². The molecule has 0 aromatic rings. The summed E-state index contributed by atoms with van der Waals surface area (Å²) in [5.41, 5.74) is 0. The van der Waals surface area contributed by atoms with Gasteiger partial charge in [-0.15, -0.1) is 0 Å². The van der Waals surface area contributed by atoms with Crippen LogP contribution in [0.3, 0.4) is 0 Å². The molecule has 0 aliphatic rings. The lowest BCUT2D eigenvalue weighted by atomic mass is 11.2. The average molecular weight is 90.0 g/mol. The van der Waals surface area contributed by atoms with Crippen LogP contribution in [0, 0.1) is 12.2 Å². The molecule has 0 fully saturated rings. The highest BCUT2D eigenvalue weighted by Crippen LogP contribution is 1.53. The van der Waals surface area contributed by atoms with Crippen LogP contribution < -0.4 is 0 Å². The molecule has 0 aromatic heterocycles. The van der Waals surface area contributed by atoms with E-state index in [9.17, 15) is 0 Å². The highest BCUT2D eigenvalue weighted by atomic mass is 17.1. The fourth-order valence-corrected chi connectivity index (χ4v) is 0.0373. The van der Waals surface area contributed by atoms with Gasteiger partial charge in [-0.05, 0) is 0 Å². The van der Waals surface area contributed by atoms with Gasteiger partial charge in [0.05, 0.1) is 0 Å². The van der Waals surface area contributed by atoms with Crippen molar-refractivity contribution in [3.05, 3.63) is 0 Å². The van der Waals surface area contributed by atoms with Gasteiger partial charge in [0.25, 0.3) is 0 Å². The van der Waals surface area contributed by atoms with E-state index in [-0.39, 0.29) is 0 Å². The second-order valence-electron chi connectivity index (χ2n) is 0.387. The second kappa shape index (κ2) is 4.08. The molecule has 0 saturated carbocycles. The maximum absolute atomic E-state index is 7.33. The van der Waals surface area contributed by atoms with Crippen molar-refractivity contribution in [2.45, 2.75) is 0 Å². The molecule has 0 saturated heterocycles. The molecule has 0 spiro atoms. The van der Waals surface area contributed by atoms with Gasteiger partial charge in [0, 0.05) is 0 Å². The monoisotopic (exact) mass is 90.0 g/mol. The van der Waals surface area contributed by atoms with Crippen molar-refractivity contribution >= 4 is 0 Å². The quantitative estimate of drug-likeness (QED) is 0.247. The molecular formula is C2H2O4. The first-order valence-corrected chi connectivity index (χ1v) is 1.02. The van der Waals surface area contributed by atoms with E-state index in [0.717, 1.165) is 0 Å². The van der Waals surface area contributed by atoms with Gasteiger partial charge >= 0.3 is 0 Å². The van der Waals surface area contributed by atoms with Crippen LogP contribution in [0.5, 0.6) is 0 Å². The smallest absolute Gasteiger partial charge is 0.204 e. The lowest BCUT2D eigenvalue weighted by Gasteiger charge is -1.70. The minimum absolute atomic E-state index is 1.53. The Balaban J connectivity index is 2.90. The first kappa shape index (κ1) is 5.08. The molecule has 0 aromatic carbocycles. The van der Waals surface area contributed by atoms with Crippen LogP contribution in [0.4, 0.5) is 0 Å². The predicted molar refractivity (Wildman–Crippen MR) is 15.2 cm³/mol. The molecule has 0 radical (unpaired) electrons. The predicted octanol–water partition coefficient (Wildman–Crippen LogP) is -0.116. The zero-order valence-electron chi connectivity index (χ0n) is 2.71. The molecule has 0 aliphatic heterocycles. The number of rotatable bonds is 0. The zero-order valence-corrected chi connectivity index (χ0v) is 2.71. The zero-order chi connectivity index (χ0) is 4.83. The molecule has 4 heteroatoms. The standard InChI is InChI=1S/C2H2O4/c3-5-1-2-6-4/h3-4H. The molecule has 34 valence electrons. The Morgan fingerprint density at radius 1 is 1.00 bits per heavy atom. The van der Waals surface area contributed by atoms with E-state index in [2.05, 4.69) is 9.78 Å². The van der Waals surface area contributed by atoms with Gasteiger partial charge in [-0.3, -0.25) is 9.78 Å². The van der Waals surface area contributed by atoms with Gasteiger partial charge in [0.2, 0.25) is 12.2 Å². The van der Waals surface area contributed by atoms with E-state index in [1.807, 2.05) is 0 Å². The van der Waals surface area contributed by atoms with Crippen molar-refractivity contribution in [3.63, 3.8) is 0 Å². The minimum atomic E-state index is 1.53. The van der Waals surface area contributed by atoms with Crippen molar-refractivity contribution in [2.24, 2.45) is 0 Å². The van der Waals surface area contributed by atoms with Crippen LogP contribution in [-0.2, 0) is 9.78 Å². The Kier molecular flexibility index (Phi) is 3.45. The fourth-order valence-electron chi connectivity index (χ4n) is 0.0373. The van der Waals surface area contributed by atoms with Gasteiger partial charge in [-0.1, -0.05) is 0 Å². The van der Waals surface area contributed by atoms with Crippen molar-refractivity contribution in [3.8, 4) is 12.2 Å². The van der Waals surface area contributed by atoms with Crippen LogP contribution in [-0.4, -0.2) is 10.5 Å². The van der Waals surface area contributed by atoms with Crippen LogP contribution >= 0.6 is 0 Å².